The predicted octanol–water partition coefficient (Wildman–Crippen LogP) is 1.37. The quantitative estimate of drug-likeness (QED) is 0.431. The van der Waals surface area contributed by atoms with Crippen molar-refractivity contribution in [2.24, 2.45) is 5.18 Å². The Morgan fingerprint density at radius 3 is 2.33 bits per heavy atom. The van der Waals surface area contributed by atoms with E-state index in [0.29, 0.717) is 0 Å². The molecule has 0 N–H and O–H groups in total. The van der Waals surface area contributed by atoms with Crippen LogP contribution in [0.25, 0.3) is 0 Å². The lowest BCUT2D eigenvalue weighted by Crippen LogP contribution is -2.18. The molecule has 0 aliphatic rings. The Bertz CT molecular complexity index is 455. The Kier molecular flexibility index (Phi) is 5.37. The number of carbonyl (C=O) groups is 3. The molecule has 1 aromatic carbocycles. The maximum absolute atomic E-state index is 11.2. The van der Waals surface area contributed by atoms with Crippen LogP contribution in [0.5, 0.6) is 0 Å². The topological polar surface area (TPSA) is 89.9 Å². The van der Waals surface area contributed by atoms with Crippen molar-refractivity contribution in [1.29, 1.82) is 0 Å². The summed E-state index contributed by atoms with van der Waals surface area (Å²) in [5.41, 5.74) is 0.754. The van der Waals surface area contributed by atoms with Gasteiger partial charge in [0.1, 0.15) is 6.61 Å². The standard InChI is InChI=1S/C12H11NO5/c14-10(6-7-11(15)13-17)12(16)18-8-9-4-2-1-3-5-9/h1-5H,6-8H2. The molecule has 6 heteroatoms. The number of esters is 1. The number of ketones is 1. The lowest BCUT2D eigenvalue weighted by molar-refractivity contribution is -0.155. The third-order valence-corrected chi connectivity index (χ3v) is 2.11. The van der Waals surface area contributed by atoms with Crippen LogP contribution >= 0.6 is 0 Å². The fourth-order valence-corrected chi connectivity index (χ4v) is 1.17. The van der Waals surface area contributed by atoms with Crippen LogP contribution < -0.4 is 0 Å². The first-order valence-electron chi connectivity index (χ1n) is 5.23. The first-order valence-corrected chi connectivity index (χ1v) is 5.23. The van der Waals surface area contributed by atoms with Gasteiger partial charge in [0.2, 0.25) is 5.78 Å². The van der Waals surface area contributed by atoms with Crippen LogP contribution in [-0.2, 0) is 25.7 Å². The molecule has 1 rings (SSSR count). The molecule has 0 spiro atoms. The van der Waals surface area contributed by atoms with Crippen LogP contribution in [-0.4, -0.2) is 17.7 Å². The molecule has 0 atom stereocenters. The highest BCUT2D eigenvalue weighted by molar-refractivity contribution is 6.33. The summed E-state index contributed by atoms with van der Waals surface area (Å²) in [6.45, 7) is -0.00864. The SMILES string of the molecule is O=NC(=O)CCC(=O)C(=O)OCc1ccccc1. The number of nitroso groups, excluding NO2 is 1. The molecule has 0 radical (unpaired) electrons. The Morgan fingerprint density at radius 2 is 1.72 bits per heavy atom. The van der Waals surface area contributed by atoms with Gasteiger partial charge in [-0.15, -0.1) is 4.91 Å². The van der Waals surface area contributed by atoms with E-state index < -0.39 is 17.7 Å². The third kappa shape index (κ3) is 4.65. The van der Waals surface area contributed by atoms with E-state index in [9.17, 15) is 19.3 Å². The highest BCUT2D eigenvalue weighted by atomic mass is 16.5. The molecule has 0 bridgehead atoms. The highest BCUT2D eigenvalue weighted by Crippen LogP contribution is 2.02. The van der Waals surface area contributed by atoms with E-state index in [1.54, 1.807) is 24.3 Å². The van der Waals surface area contributed by atoms with Gasteiger partial charge in [-0.25, -0.2) is 4.79 Å². The number of hydrogen-bond donors (Lipinski definition) is 0. The van der Waals surface area contributed by atoms with Gasteiger partial charge in [-0.05, 0) is 5.56 Å². The van der Waals surface area contributed by atoms with Crippen molar-refractivity contribution in [3.8, 4) is 0 Å². The summed E-state index contributed by atoms with van der Waals surface area (Å²) in [4.78, 5) is 42.7. The number of amides is 1. The molecule has 0 heterocycles. The smallest absolute Gasteiger partial charge is 0.374 e. The number of rotatable bonds is 6. The molecule has 0 saturated carbocycles. The van der Waals surface area contributed by atoms with Crippen molar-refractivity contribution < 1.29 is 19.1 Å². The minimum atomic E-state index is -1.02. The van der Waals surface area contributed by atoms with Gasteiger partial charge in [0, 0.05) is 18.0 Å². The molecular formula is C12H11NO5. The molecule has 94 valence electrons. The van der Waals surface area contributed by atoms with E-state index in [-0.39, 0.29) is 19.4 Å². The van der Waals surface area contributed by atoms with E-state index >= 15 is 0 Å². The molecule has 0 aliphatic heterocycles. The molecule has 0 aromatic heterocycles. The zero-order chi connectivity index (χ0) is 13.4. The van der Waals surface area contributed by atoms with E-state index in [1.165, 1.54) is 0 Å². The average Bonchev–Trinajstić information content (AvgIpc) is 2.42. The average molecular weight is 249 g/mol. The van der Waals surface area contributed by atoms with Crippen LogP contribution in [0, 0.1) is 4.91 Å². The number of benzene rings is 1. The van der Waals surface area contributed by atoms with Crippen molar-refractivity contribution in [3.05, 3.63) is 40.8 Å². The Hall–Kier alpha value is -2.37. The molecule has 1 amide bonds. The van der Waals surface area contributed by atoms with Crippen LogP contribution in [0.4, 0.5) is 0 Å². The van der Waals surface area contributed by atoms with Gasteiger partial charge in [0.05, 0.1) is 0 Å². The zero-order valence-electron chi connectivity index (χ0n) is 9.50. The maximum atomic E-state index is 11.2. The second kappa shape index (κ2) is 7.05. The van der Waals surface area contributed by atoms with Crippen molar-refractivity contribution in [2.45, 2.75) is 19.4 Å². The van der Waals surface area contributed by atoms with Crippen molar-refractivity contribution >= 4 is 17.7 Å². The highest BCUT2D eigenvalue weighted by Gasteiger charge is 2.17. The summed E-state index contributed by atoms with van der Waals surface area (Å²) in [5.74, 6) is -2.82. The number of carbonyl (C=O) groups excluding carboxylic acids is 3. The molecule has 0 fully saturated rings. The Balaban J connectivity index is 2.34. The second-order valence-corrected chi connectivity index (χ2v) is 3.47. The summed E-state index contributed by atoms with van der Waals surface area (Å²) in [6.07, 6.45) is -0.735. The largest absolute Gasteiger partial charge is 0.455 e. The van der Waals surface area contributed by atoms with Gasteiger partial charge in [-0.3, -0.25) is 9.59 Å². The minimum absolute atomic E-state index is 0.00864. The van der Waals surface area contributed by atoms with Gasteiger partial charge >= 0.3 is 5.97 Å². The van der Waals surface area contributed by atoms with E-state index in [2.05, 4.69) is 5.18 Å². The van der Waals surface area contributed by atoms with Crippen molar-refractivity contribution in [2.75, 3.05) is 0 Å². The van der Waals surface area contributed by atoms with Gasteiger partial charge in [0.25, 0.3) is 5.91 Å². The van der Waals surface area contributed by atoms with Gasteiger partial charge in [0.15, 0.2) is 0 Å². The molecule has 0 aliphatic carbocycles. The van der Waals surface area contributed by atoms with Crippen LogP contribution in [0.15, 0.2) is 35.5 Å². The van der Waals surface area contributed by atoms with Crippen molar-refractivity contribution in [1.82, 2.24) is 0 Å². The van der Waals surface area contributed by atoms with Crippen LogP contribution in [0.1, 0.15) is 18.4 Å². The first-order chi connectivity index (χ1) is 8.63. The predicted molar refractivity (Wildman–Crippen MR) is 61.3 cm³/mol. The fourth-order valence-electron chi connectivity index (χ4n) is 1.17. The van der Waals surface area contributed by atoms with Gasteiger partial charge in [-0.1, -0.05) is 30.3 Å². The monoisotopic (exact) mass is 249 g/mol. The fraction of sp³-hybridized carbons (Fsp3) is 0.250. The molecular weight excluding hydrogens is 238 g/mol. The number of ether oxygens (including phenoxy) is 1. The van der Waals surface area contributed by atoms with Crippen LogP contribution in [0.2, 0.25) is 0 Å². The molecule has 6 nitrogen and oxygen atoms in total. The van der Waals surface area contributed by atoms with Crippen molar-refractivity contribution in [3.63, 3.8) is 0 Å². The lowest BCUT2D eigenvalue weighted by atomic mass is 10.2. The molecule has 1 aromatic rings. The Morgan fingerprint density at radius 1 is 1.06 bits per heavy atom. The molecule has 18 heavy (non-hydrogen) atoms. The summed E-state index contributed by atoms with van der Waals surface area (Å²) >= 11 is 0. The summed E-state index contributed by atoms with van der Waals surface area (Å²) in [5, 5.41) is 2.12. The summed E-state index contributed by atoms with van der Waals surface area (Å²) in [6, 6.07) is 8.86. The number of nitrogens with zero attached hydrogens (tertiary/aromatic N) is 1. The number of hydrogen-bond acceptors (Lipinski definition) is 5. The van der Waals surface area contributed by atoms with E-state index in [4.69, 9.17) is 4.74 Å². The molecule has 0 unspecified atom stereocenters. The van der Waals surface area contributed by atoms with Gasteiger partial charge in [-0.2, -0.15) is 0 Å². The third-order valence-electron chi connectivity index (χ3n) is 2.11. The normalized spacial score (nSPS) is 9.56. The lowest BCUT2D eigenvalue weighted by Gasteiger charge is -2.03. The van der Waals surface area contributed by atoms with Crippen LogP contribution in [0.3, 0.4) is 0 Å². The second-order valence-electron chi connectivity index (χ2n) is 3.47. The molecule has 0 saturated heterocycles. The number of Topliss-reactive ketones (excluding diaryl/α,β-unsaturated/α-hetero) is 1. The minimum Gasteiger partial charge on any atom is -0.455 e. The van der Waals surface area contributed by atoms with E-state index in [0.717, 1.165) is 5.56 Å². The van der Waals surface area contributed by atoms with E-state index in [1.807, 2.05) is 6.07 Å². The van der Waals surface area contributed by atoms with Gasteiger partial charge < -0.3 is 4.74 Å². The Labute approximate surface area is 103 Å². The maximum Gasteiger partial charge on any atom is 0.374 e. The summed E-state index contributed by atoms with van der Waals surface area (Å²) < 4.78 is 4.75. The summed E-state index contributed by atoms with van der Waals surface area (Å²) in [7, 11) is 0. The first kappa shape index (κ1) is 13.7. The zero-order valence-corrected chi connectivity index (χ0v) is 9.50.